The van der Waals surface area contributed by atoms with Gasteiger partial charge in [-0.15, -0.1) is 0 Å². The molecule has 0 amide bonds. The van der Waals surface area contributed by atoms with Crippen molar-refractivity contribution in [3.63, 3.8) is 0 Å². The Labute approximate surface area is 124 Å². The van der Waals surface area contributed by atoms with Gasteiger partial charge in [0.15, 0.2) is 0 Å². The molecule has 0 aromatic heterocycles. The third-order valence-corrected chi connectivity index (χ3v) is 3.67. The lowest BCUT2D eigenvalue weighted by molar-refractivity contribution is -0.155. The van der Waals surface area contributed by atoms with Crippen LogP contribution in [0.25, 0.3) is 0 Å². The maximum absolute atomic E-state index is 11.8. The number of carbonyl (C=O) groups is 1. The molecule has 0 spiro atoms. The fraction of sp³-hybridized carbons (Fsp3) is 0.562. The molecule has 106 valence electrons. The number of rotatable bonds is 4. The topological polar surface area (TPSA) is 26.3 Å². The lowest BCUT2D eigenvalue weighted by Gasteiger charge is -2.27. The smallest absolute Gasteiger partial charge is 0.306 e. The summed E-state index contributed by atoms with van der Waals surface area (Å²) in [5.74, 6) is -0.132. The molecule has 0 unspecified atom stereocenters. The Morgan fingerprint density at radius 2 is 1.74 bits per heavy atom. The number of benzene rings is 1. The van der Waals surface area contributed by atoms with E-state index in [1.165, 1.54) is 5.56 Å². The van der Waals surface area contributed by atoms with Gasteiger partial charge in [-0.2, -0.15) is 0 Å². The SMILES string of the molecule is CC(C)(C)OC(=O)CCC(C)(C)c1ccccc1Br. The van der Waals surface area contributed by atoms with E-state index in [9.17, 15) is 4.79 Å². The van der Waals surface area contributed by atoms with Crippen molar-refractivity contribution in [2.75, 3.05) is 0 Å². The molecule has 0 saturated heterocycles. The summed E-state index contributed by atoms with van der Waals surface area (Å²) in [5.41, 5.74) is 0.754. The van der Waals surface area contributed by atoms with Crippen molar-refractivity contribution in [3.8, 4) is 0 Å². The number of halogens is 1. The van der Waals surface area contributed by atoms with E-state index in [1.807, 2.05) is 39.0 Å². The van der Waals surface area contributed by atoms with E-state index in [0.29, 0.717) is 6.42 Å². The minimum atomic E-state index is -0.408. The summed E-state index contributed by atoms with van der Waals surface area (Å²) in [6, 6.07) is 8.15. The van der Waals surface area contributed by atoms with Crippen molar-refractivity contribution in [2.45, 2.75) is 58.5 Å². The van der Waals surface area contributed by atoms with Gasteiger partial charge >= 0.3 is 5.97 Å². The summed E-state index contributed by atoms with van der Waals surface area (Å²) in [4.78, 5) is 11.8. The van der Waals surface area contributed by atoms with Crippen LogP contribution in [0, 0.1) is 0 Å². The Morgan fingerprint density at radius 3 is 2.26 bits per heavy atom. The van der Waals surface area contributed by atoms with Crippen LogP contribution in [0.1, 0.15) is 53.0 Å². The molecular formula is C16H23BrO2. The van der Waals surface area contributed by atoms with Gasteiger partial charge in [-0.1, -0.05) is 48.0 Å². The fourth-order valence-electron chi connectivity index (χ4n) is 1.95. The Morgan fingerprint density at radius 1 is 1.16 bits per heavy atom. The van der Waals surface area contributed by atoms with Crippen LogP contribution < -0.4 is 0 Å². The van der Waals surface area contributed by atoms with E-state index in [-0.39, 0.29) is 11.4 Å². The van der Waals surface area contributed by atoms with Crippen LogP contribution in [0.4, 0.5) is 0 Å². The monoisotopic (exact) mass is 326 g/mol. The summed E-state index contributed by atoms with van der Waals surface area (Å²) < 4.78 is 6.44. The van der Waals surface area contributed by atoms with Gasteiger partial charge in [-0.3, -0.25) is 4.79 Å². The van der Waals surface area contributed by atoms with Crippen LogP contribution in [-0.4, -0.2) is 11.6 Å². The molecular weight excluding hydrogens is 304 g/mol. The van der Waals surface area contributed by atoms with E-state index in [2.05, 4.69) is 35.8 Å². The lowest BCUT2D eigenvalue weighted by atomic mass is 9.80. The molecule has 0 aliphatic heterocycles. The maximum atomic E-state index is 11.8. The number of ether oxygens (including phenoxy) is 1. The summed E-state index contributed by atoms with van der Waals surface area (Å²) in [6.45, 7) is 9.98. The highest BCUT2D eigenvalue weighted by molar-refractivity contribution is 9.10. The Hall–Kier alpha value is -0.830. The van der Waals surface area contributed by atoms with Gasteiger partial charge in [0, 0.05) is 10.9 Å². The molecule has 0 N–H and O–H groups in total. The Kier molecular flexibility index (Phi) is 5.19. The minimum Gasteiger partial charge on any atom is -0.460 e. The van der Waals surface area contributed by atoms with Crippen molar-refractivity contribution in [1.29, 1.82) is 0 Å². The van der Waals surface area contributed by atoms with Gasteiger partial charge in [0.1, 0.15) is 5.60 Å². The second-order valence-electron chi connectivity index (χ2n) is 6.45. The van der Waals surface area contributed by atoms with Gasteiger partial charge in [0.05, 0.1) is 0 Å². The Bertz CT molecular complexity index is 444. The van der Waals surface area contributed by atoms with Crippen LogP contribution in [0.5, 0.6) is 0 Å². The van der Waals surface area contributed by atoms with E-state index in [1.54, 1.807) is 0 Å². The van der Waals surface area contributed by atoms with Crippen molar-refractivity contribution < 1.29 is 9.53 Å². The molecule has 0 heterocycles. The largest absolute Gasteiger partial charge is 0.460 e. The molecule has 19 heavy (non-hydrogen) atoms. The molecule has 1 aromatic rings. The maximum Gasteiger partial charge on any atom is 0.306 e. The molecule has 1 aromatic carbocycles. The van der Waals surface area contributed by atoms with E-state index >= 15 is 0 Å². The van der Waals surface area contributed by atoms with Gasteiger partial charge < -0.3 is 4.74 Å². The van der Waals surface area contributed by atoms with Crippen LogP contribution in [0.15, 0.2) is 28.7 Å². The summed E-state index contributed by atoms with van der Waals surface area (Å²) in [5, 5.41) is 0. The first-order chi connectivity index (χ1) is 8.62. The predicted octanol–water partition coefficient (Wildman–Crippen LogP) is 4.85. The lowest BCUT2D eigenvalue weighted by Crippen LogP contribution is -2.26. The van der Waals surface area contributed by atoms with Gasteiger partial charge in [-0.25, -0.2) is 0 Å². The number of carbonyl (C=O) groups excluding carboxylic acids is 1. The molecule has 0 aliphatic rings. The van der Waals surface area contributed by atoms with Crippen LogP contribution in [0.2, 0.25) is 0 Å². The zero-order valence-corrected chi connectivity index (χ0v) is 14.0. The number of esters is 1. The van der Waals surface area contributed by atoms with Crippen molar-refractivity contribution in [3.05, 3.63) is 34.3 Å². The van der Waals surface area contributed by atoms with E-state index < -0.39 is 5.60 Å². The quantitative estimate of drug-likeness (QED) is 0.739. The molecule has 0 atom stereocenters. The highest BCUT2D eigenvalue weighted by atomic mass is 79.9. The second-order valence-corrected chi connectivity index (χ2v) is 7.30. The number of hydrogen-bond acceptors (Lipinski definition) is 2. The normalized spacial score (nSPS) is 12.3. The van der Waals surface area contributed by atoms with E-state index in [4.69, 9.17) is 4.74 Å². The average molecular weight is 327 g/mol. The molecule has 0 fully saturated rings. The molecule has 2 nitrogen and oxygen atoms in total. The van der Waals surface area contributed by atoms with Gasteiger partial charge in [-0.05, 0) is 44.2 Å². The Balaban J connectivity index is 2.66. The van der Waals surface area contributed by atoms with Gasteiger partial charge in [0.25, 0.3) is 0 Å². The van der Waals surface area contributed by atoms with Crippen molar-refractivity contribution in [1.82, 2.24) is 0 Å². The minimum absolute atomic E-state index is 0.0585. The van der Waals surface area contributed by atoms with E-state index in [0.717, 1.165) is 10.9 Å². The second kappa shape index (κ2) is 6.08. The molecule has 0 radical (unpaired) electrons. The number of hydrogen-bond donors (Lipinski definition) is 0. The molecule has 0 bridgehead atoms. The summed E-state index contributed by atoms with van der Waals surface area (Å²) in [6.07, 6.45) is 1.20. The zero-order valence-electron chi connectivity index (χ0n) is 12.4. The summed E-state index contributed by atoms with van der Waals surface area (Å²) in [7, 11) is 0. The molecule has 3 heteroatoms. The third kappa shape index (κ3) is 5.35. The van der Waals surface area contributed by atoms with Gasteiger partial charge in [0.2, 0.25) is 0 Å². The average Bonchev–Trinajstić information content (AvgIpc) is 2.24. The highest BCUT2D eigenvalue weighted by Gasteiger charge is 2.25. The molecule has 1 rings (SSSR count). The zero-order chi connectivity index (χ0) is 14.7. The summed E-state index contributed by atoms with van der Waals surface area (Å²) >= 11 is 3.57. The fourth-order valence-corrected chi connectivity index (χ4v) is 2.77. The predicted molar refractivity (Wildman–Crippen MR) is 82.2 cm³/mol. The standard InChI is InChI=1S/C16H23BrO2/c1-15(2,3)19-14(18)10-11-16(4,5)12-8-6-7-9-13(12)17/h6-9H,10-11H2,1-5H3. The molecule has 0 aliphatic carbocycles. The van der Waals surface area contributed by atoms with Crippen LogP contribution >= 0.6 is 15.9 Å². The first-order valence-electron chi connectivity index (χ1n) is 6.59. The third-order valence-electron chi connectivity index (χ3n) is 2.98. The molecule has 0 saturated carbocycles. The van der Waals surface area contributed by atoms with Crippen molar-refractivity contribution in [2.24, 2.45) is 0 Å². The van der Waals surface area contributed by atoms with Crippen LogP contribution in [-0.2, 0) is 14.9 Å². The van der Waals surface area contributed by atoms with Crippen molar-refractivity contribution >= 4 is 21.9 Å². The first kappa shape index (κ1) is 16.2. The van der Waals surface area contributed by atoms with Crippen LogP contribution in [0.3, 0.4) is 0 Å². The first-order valence-corrected chi connectivity index (χ1v) is 7.38. The highest BCUT2D eigenvalue weighted by Crippen LogP contribution is 2.33.